The molecule has 0 bridgehead atoms. The lowest BCUT2D eigenvalue weighted by molar-refractivity contribution is -0.137. The van der Waals surface area contributed by atoms with Crippen LogP contribution in [-0.2, 0) is 15.8 Å². The van der Waals surface area contributed by atoms with Gasteiger partial charge < -0.3 is 14.6 Å². The highest BCUT2D eigenvalue weighted by Crippen LogP contribution is 2.36. The molecule has 41 heavy (non-hydrogen) atoms. The summed E-state index contributed by atoms with van der Waals surface area (Å²) in [5.41, 5.74) is 2.30. The average molecular weight is 580 g/mol. The molecule has 0 atom stereocenters. The van der Waals surface area contributed by atoms with E-state index in [1.807, 2.05) is 62.4 Å². The van der Waals surface area contributed by atoms with Gasteiger partial charge in [0.25, 0.3) is 11.1 Å². The number of fused-ring (bicyclic) bond motifs is 1. The Bertz CT molecular complexity index is 1740. The van der Waals surface area contributed by atoms with Crippen LogP contribution < -0.4 is 10.1 Å². The number of aromatic nitrogens is 1. The van der Waals surface area contributed by atoms with Crippen molar-refractivity contribution in [1.29, 1.82) is 0 Å². The van der Waals surface area contributed by atoms with E-state index in [-0.39, 0.29) is 16.3 Å². The predicted molar refractivity (Wildman–Crippen MR) is 152 cm³/mol. The molecule has 11 heteroatoms. The molecule has 0 radical (unpaired) electrons. The second-order valence-corrected chi connectivity index (χ2v) is 10.4. The van der Waals surface area contributed by atoms with Crippen molar-refractivity contribution in [3.05, 3.63) is 94.1 Å². The van der Waals surface area contributed by atoms with Gasteiger partial charge in [-0.2, -0.15) is 13.2 Å². The lowest BCUT2D eigenvalue weighted by Gasteiger charge is -2.16. The Balaban J connectivity index is 1.37. The molecule has 1 saturated heterocycles. The molecule has 2 heterocycles. The summed E-state index contributed by atoms with van der Waals surface area (Å²) in [6.07, 6.45) is -3.02. The van der Waals surface area contributed by atoms with Crippen LogP contribution in [0.15, 0.2) is 71.6 Å². The third-order valence-electron chi connectivity index (χ3n) is 6.74. The number of halogens is 3. The van der Waals surface area contributed by atoms with Crippen LogP contribution in [0.3, 0.4) is 0 Å². The molecular formula is C30H24F3N3O4S. The standard InChI is InChI=1S/C30H24F3N3O4S/c1-17-13-20(18(2)36(17)24-10-6-8-19-7-4-5-9-22(19)24)14-26-28(38)35(29(39)41-26)16-27(37)34-23-15-21(30(31,32)33)11-12-25(23)40-3/h4-15H,16H2,1-3H3,(H,34,37)/b26-14-. The summed E-state index contributed by atoms with van der Waals surface area (Å²) in [4.78, 5) is 39.4. The largest absolute Gasteiger partial charge is 0.495 e. The van der Waals surface area contributed by atoms with Crippen LogP contribution in [0, 0.1) is 13.8 Å². The van der Waals surface area contributed by atoms with Crippen molar-refractivity contribution in [3.63, 3.8) is 0 Å². The topological polar surface area (TPSA) is 80.6 Å². The Hall–Kier alpha value is -4.51. The number of benzene rings is 3. The molecule has 5 rings (SSSR count). The van der Waals surface area contributed by atoms with E-state index >= 15 is 0 Å². The highest BCUT2D eigenvalue weighted by atomic mass is 32.2. The van der Waals surface area contributed by atoms with Crippen LogP contribution in [0.1, 0.15) is 22.5 Å². The number of nitrogens with zero attached hydrogens (tertiary/aromatic N) is 2. The number of imide groups is 1. The maximum Gasteiger partial charge on any atom is 0.416 e. The van der Waals surface area contributed by atoms with Gasteiger partial charge in [-0.3, -0.25) is 19.3 Å². The van der Waals surface area contributed by atoms with Crippen molar-refractivity contribution in [2.75, 3.05) is 19.0 Å². The van der Waals surface area contributed by atoms with Gasteiger partial charge >= 0.3 is 6.18 Å². The monoisotopic (exact) mass is 579 g/mol. The molecular weight excluding hydrogens is 555 g/mol. The molecule has 1 aliphatic heterocycles. The Morgan fingerprint density at radius 2 is 1.76 bits per heavy atom. The zero-order chi connectivity index (χ0) is 29.5. The van der Waals surface area contributed by atoms with Gasteiger partial charge in [-0.25, -0.2) is 0 Å². The molecule has 7 nitrogen and oxygen atoms in total. The van der Waals surface area contributed by atoms with Crippen molar-refractivity contribution >= 4 is 51.4 Å². The second-order valence-electron chi connectivity index (χ2n) is 9.39. The first-order valence-corrected chi connectivity index (χ1v) is 13.3. The molecule has 3 amide bonds. The van der Waals surface area contributed by atoms with Crippen LogP contribution in [0.25, 0.3) is 22.5 Å². The van der Waals surface area contributed by atoms with Gasteiger partial charge in [-0.05, 0) is 73.0 Å². The number of ether oxygens (including phenoxy) is 1. The summed E-state index contributed by atoms with van der Waals surface area (Å²) in [5.74, 6) is -1.51. The Labute approximate surface area is 237 Å². The van der Waals surface area contributed by atoms with E-state index in [1.165, 1.54) is 7.11 Å². The van der Waals surface area contributed by atoms with E-state index < -0.39 is 35.3 Å². The van der Waals surface area contributed by atoms with Gasteiger partial charge in [0.1, 0.15) is 12.3 Å². The highest BCUT2D eigenvalue weighted by Gasteiger charge is 2.37. The third-order valence-corrected chi connectivity index (χ3v) is 7.65. The van der Waals surface area contributed by atoms with Gasteiger partial charge in [0.2, 0.25) is 5.91 Å². The van der Waals surface area contributed by atoms with Crippen molar-refractivity contribution in [2.24, 2.45) is 0 Å². The van der Waals surface area contributed by atoms with Crippen molar-refractivity contribution in [2.45, 2.75) is 20.0 Å². The maximum atomic E-state index is 13.2. The Morgan fingerprint density at radius 1 is 1.02 bits per heavy atom. The number of hydrogen-bond acceptors (Lipinski definition) is 5. The predicted octanol–water partition coefficient (Wildman–Crippen LogP) is 6.95. The SMILES string of the molecule is COc1ccc(C(F)(F)F)cc1NC(=O)CN1C(=O)S/C(=C\c2cc(C)n(-c3cccc4ccccc34)c2C)C1=O. The van der Waals surface area contributed by atoms with Gasteiger partial charge in [0.05, 0.1) is 29.0 Å². The van der Waals surface area contributed by atoms with Gasteiger partial charge in [0, 0.05) is 16.8 Å². The number of alkyl halides is 3. The number of methoxy groups -OCH3 is 1. The van der Waals surface area contributed by atoms with Crippen LogP contribution >= 0.6 is 11.8 Å². The number of nitrogens with one attached hydrogen (secondary N) is 1. The molecule has 1 fully saturated rings. The number of thioether (sulfide) groups is 1. The van der Waals surface area contributed by atoms with Gasteiger partial charge in [-0.1, -0.05) is 36.4 Å². The van der Waals surface area contributed by atoms with E-state index in [2.05, 4.69) is 9.88 Å². The number of anilines is 1. The van der Waals surface area contributed by atoms with E-state index in [1.54, 1.807) is 6.08 Å². The molecule has 0 unspecified atom stereocenters. The quantitative estimate of drug-likeness (QED) is 0.250. The fraction of sp³-hybridized carbons (Fsp3) is 0.167. The van der Waals surface area contributed by atoms with E-state index in [0.29, 0.717) is 11.8 Å². The molecule has 0 saturated carbocycles. The average Bonchev–Trinajstić information content (AvgIpc) is 3.36. The summed E-state index contributed by atoms with van der Waals surface area (Å²) in [7, 11) is 1.25. The van der Waals surface area contributed by atoms with Crippen molar-refractivity contribution in [3.8, 4) is 11.4 Å². The fourth-order valence-corrected chi connectivity index (χ4v) is 5.63. The Morgan fingerprint density at radius 3 is 2.49 bits per heavy atom. The first kappa shape index (κ1) is 28.0. The summed E-state index contributed by atoms with van der Waals surface area (Å²) in [5, 5.41) is 3.81. The van der Waals surface area contributed by atoms with E-state index in [0.717, 1.165) is 56.5 Å². The Kier molecular flexibility index (Phi) is 7.39. The number of carbonyl (C=O) groups excluding carboxylic acids is 3. The second kappa shape index (κ2) is 10.8. The zero-order valence-electron chi connectivity index (χ0n) is 22.2. The number of amides is 3. The van der Waals surface area contributed by atoms with Gasteiger partial charge in [-0.15, -0.1) is 0 Å². The lowest BCUT2D eigenvalue weighted by atomic mass is 10.1. The minimum absolute atomic E-state index is 0.00179. The van der Waals surface area contributed by atoms with Crippen LogP contribution in [0.4, 0.5) is 23.7 Å². The number of hydrogen-bond donors (Lipinski definition) is 1. The normalized spacial score (nSPS) is 14.8. The van der Waals surface area contributed by atoms with E-state index in [4.69, 9.17) is 4.74 Å². The number of rotatable bonds is 6. The molecule has 210 valence electrons. The maximum absolute atomic E-state index is 13.2. The molecule has 0 spiro atoms. The molecule has 0 aliphatic carbocycles. The smallest absolute Gasteiger partial charge is 0.416 e. The lowest BCUT2D eigenvalue weighted by Crippen LogP contribution is -2.36. The third kappa shape index (κ3) is 5.45. The van der Waals surface area contributed by atoms with Crippen molar-refractivity contribution in [1.82, 2.24) is 9.47 Å². The van der Waals surface area contributed by atoms with Crippen LogP contribution in [0.5, 0.6) is 5.75 Å². The fourth-order valence-electron chi connectivity index (χ4n) is 4.80. The number of aryl methyl sites for hydroxylation is 1. The van der Waals surface area contributed by atoms with Crippen LogP contribution in [0.2, 0.25) is 0 Å². The number of carbonyl (C=O) groups is 3. The molecule has 1 N–H and O–H groups in total. The van der Waals surface area contributed by atoms with Gasteiger partial charge in [0.15, 0.2) is 0 Å². The molecule has 3 aromatic carbocycles. The summed E-state index contributed by atoms with van der Waals surface area (Å²) in [6, 6.07) is 18.6. The molecule has 1 aliphatic rings. The summed E-state index contributed by atoms with van der Waals surface area (Å²) >= 11 is 0.696. The zero-order valence-corrected chi connectivity index (χ0v) is 23.0. The minimum Gasteiger partial charge on any atom is -0.495 e. The highest BCUT2D eigenvalue weighted by molar-refractivity contribution is 8.18. The summed E-state index contributed by atoms with van der Waals surface area (Å²) in [6.45, 7) is 3.20. The minimum atomic E-state index is -4.63. The first-order chi connectivity index (χ1) is 19.5. The summed E-state index contributed by atoms with van der Waals surface area (Å²) < 4.78 is 46.6. The first-order valence-electron chi connectivity index (χ1n) is 12.5. The molecule has 1 aromatic heterocycles. The molecule has 4 aromatic rings. The van der Waals surface area contributed by atoms with Crippen molar-refractivity contribution < 1.29 is 32.3 Å². The van der Waals surface area contributed by atoms with E-state index in [9.17, 15) is 27.6 Å². The van der Waals surface area contributed by atoms with Crippen LogP contribution in [-0.4, -0.2) is 40.2 Å².